The third-order valence-corrected chi connectivity index (χ3v) is 6.12. The molecule has 8 heteroatoms. The van der Waals surface area contributed by atoms with Gasteiger partial charge in [-0.2, -0.15) is 5.10 Å². The minimum absolute atomic E-state index is 0.0873. The van der Waals surface area contributed by atoms with E-state index in [0.29, 0.717) is 35.3 Å². The summed E-state index contributed by atoms with van der Waals surface area (Å²) in [5.74, 6) is 0.0101. The Morgan fingerprint density at radius 3 is 2.44 bits per heavy atom. The molecule has 2 amide bonds. The molecular formula is C24H24N4O4. The molecule has 5 rings (SSSR count). The van der Waals surface area contributed by atoms with Gasteiger partial charge in [0.2, 0.25) is 0 Å². The predicted molar refractivity (Wildman–Crippen MR) is 120 cm³/mol. The summed E-state index contributed by atoms with van der Waals surface area (Å²) in [5.41, 5.74) is 0.487. The molecule has 0 saturated carbocycles. The van der Waals surface area contributed by atoms with Crippen LogP contribution in [0, 0.1) is 0 Å². The second-order valence-electron chi connectivity index (χ2n) is 8.20. The molecule has 0 N–H and O–H groups in total. The van der Waals surface area contributed by atoms with Crippen molar-refractivity contribution in [2.75, 3.05) is 24.5 Å². The van der Waals surface area contributed by atoms with Crippen LogP contribution in [0.2, 0.25) is 0 Å². The maximum atomic E-state index is 13.8. The minimum atomic E-state index is -0.786. The molecule has 1 fully saturated rings. The van der Waals surface area contributed by atoms with E-state index in [1.165, 1.54) is 11.7 Å². The fraction of sp³-hybridized carbons (Fsp3) is 0.333. The molecule has 0 unspecified atom stereocenters. The maximum absolute atomic E-state index is 13.8. The quantitative estimate of drug-likeness (QED) is 0.621. The normalized spacial score (nSPS) is 18.2. The highest BCUT2D eigenvalue weighted by atomic mass is 16.5. The van der Waals surface area contributed by atoms with Crippen LogP contribution in [0.1, 0.15) is 29.8 Å². The van der Waals surface area contributed by atoms with Crippen LogP contribution in [0.3, 0.4) is 0 Å². The van der Waals surface area contributed by atoms with E-state index in [1.54, 1.807) is 41.3 Å². The third-order valence-electron chi connectivity index (χ3n) is 6.12. The second-order valence-corrected chi connectivity index (χ2v) is 8.20. The van der Waals surface area contributed by atoms with E-state index < -0.39 is 6.10 Å². The number of hydrogen-bond acceptors (Lipinski definition) is 5. The first-order chi connectivity index (χ1) is 15.5. The summed E-state index contributed by atoms with van der Waals surface area (Å²) in [6.07, 6.45) is 2.29. The first kappa shape index (κ1) is 20.2. The van der Waals surface area contributed by atoms with Crippen LogP contribution in [-0.4, -0.2) is 52.2 Å². The molecule has 2 aliphatic heterocycles. The van der Waals surface area contributed by atoms with Crippen molar-refractivity contribution in [3.05, 3.63) is 64.6 Å². The van der Waals surface area contributed by atoms with Gasteiger partial charge in [0.25, 0.3) is 17.4 Å². The number of likely N-dealkylation sites (tertiary alicyclic amines) is 1. The van der Waals surface area contributed by atoms with Crippen molar-refractivity contribution in [1.82, 2.24) is 14.7 Å². The largest absolute Gasteiger partial charge is 0.476 e. The fourth-order valence-electron chi connectivity index (χ4n) is 4.46. The predicted octanol–water partition coefficient (Wildman–Crippen LogP) is 2.35. The van der Waals surface area contributed by atoms with Gasteiger partial charge >= 0.3 is 0 Å². The summed E-state index contributed by atoms with van der Waals surface area (Å²) >= 11 is 0. The molecule has 0 radical (unpaired) electrons. The molecule has 32 heavy (non-hydrogen) atoms. The average Bonchev–Trinajstić information content (AvgIpc) is 2.85. The molecule has 0 bridgehead atoms. The number of aromatic nitrogens is 2. The van der Waals surface area contributed by atoms with Crippen molar-refractivity contribution >= 4 is 28.3 Å². The fourth-order valence-corrected chi connectivity index (χ4v) is 4.46. The number of fused-ring (bicyclic) bond motifs is 2. The molecule has 1 aromatic heterocycles. The molecule has 2 aliphatic rings. The molecule has 0 aliphatic carbocycles. The van der Waals surface area contributed by atoms with Crippen LogP contribution in [-0.2, 0) is 11.8 Å². The maximum Gasteiger partial charge on any atom is 0.279 e. The molecule has 1 atom stereocenters. The summed E-state index contributed by atoms with van der Waals surface area (Å²) in [7, 11) is 1.53. The summed E-state index contributed by atoms with van der Waals surface area (Å²) < 4.78 is 7.21. The number of carbonyl (C=O) groups is 2. The lowest BCUT2D eigenvalue weighted by molar-refractivity contribution is -0.139. The van der Waals surface area contributed by atoms with E-state index in [1.807, 2.05) is 17.0 Å². The third kappa shape index (κ3) is 3.41. The molecule has 164 valence electrons. The van der Waals surface area contributed by atoms with Crippen molar-refractivity contribution < 1.29 is 14.3 Å². The molecule has 1 saturated heterocycles. The smallest absolute Gasteiger partial charge is 0.279 e. The van der Waals surface area contributed by atoms with Gasteiger partial charge in [0.1, 0.15) is 5.75 Å². The van der Waals surface area contributed by atoms with Gasteiger partial charge < -0.3 is 9.64 Å². The van der Waals surface area contributed by atoms with E-state index in [2.05, 4.69) is 5.10 Å². The van der Waals surface area contributed by atoms with E-state index in [9.17, 15) is 14.4 Å². The van der Waals surface area contributed by atoms with Crippen molar-refractivity contribution in [3.8, 4) is 5.75 Å². The topological polar surface area (TPSA) is 84.7 Å². The highest BCUT2D eigenvalue weighted by molar-refractivity contribution is 6.13. The summed E-state index contributed by atoms with van der Waals surface area (Å²) in [4.78, 5) is 42.8. The van der Waals surface area contributed by atoms with Crippen molar-refractivity contribution in [2.45, 2.75) is 25.4 Å². The van der Waals surface area contributed by atoms with Gasteiger partial charge in [0.15, 0.2) is 11.8 Å². The van der Waals surface area contributed by atoms with Crippen LogP contribution in [0.15, 0.2) is 53.3 Å². The Morgan fingerprint density at radius 2 is 1.66 bits per heavy atom. The minimum Gasteiger partial charge on any atom is -0.476 e. The Balaban J connectivity index is 1.55. The lowest BCUT2D eigenvalue weighted by Crippen LogP contribution is -2.53. The average molecular weight is 432 g/mol. The summed E-state index contributed by atoms with van der Waals surface area (Å²) in [6, 6.07) is 14.1. The highest BCUT2D eigenvalue weighted by Crippen LogP contribution is 2.35. The number of amides is 2. The number of rotatable bonds is 2. The van der Waals surface area contributed by atoms with E-state index in [4.69, 9.17) is 4.74 Å². The first-order valence-electron chi connectivity index (χ1n) is 10.9. The summed E-state index contributed by atoms with van der Waals surface area (Å²) in [5, 5.41) is 5.20. The number of benzene rings is 2. The first-order valence-corrected chi connectivity index (χ1v) is 10.9. The number of para-hydroxylation sites is 2. The molecule has 3 aromatic rings. The second kappa shape index (κ2) is 8.11. The number of aryl methyl sites for hydroxylation is 1. The SMILES string of the molecule is Cn1nc(C(=O)N2C[C@@H](C(=O)N3CCCCC3)Oc3ccccc32)c2ccccc2c1=O. The van der Waals surface area contributed by atoms with Gasteiger partial charge in [-0.3, -0.25) is 19.3 Å². The van der Waals surface area contributed by atoms with Gasteiger partial charge in [-0.1, -0.05) is 30.3 Å². The molecule has 2 aromatic carbocycles. The molecular weight excluding hydrogens is 408 g/mol. The van der Waals surface area contributed by atoms with Crippen LogP contribution in [0.25, 0.3) is 10.8 Å². The van der Waals surface area contributed by atoms with Gasteiger partial charge in [0.05, 0.1) is 17.6 Å². The number of hydrogen-bond donors (Lipinski definition) is 0. The van der Waals surface area contributed by atoms with Gasteiger partial charge in [-0.15, -0.1) is 0 Å². The van der Waals surface area contributed by atoms with Gasteiger partial charge in [-0.25, -0.2) is 4.68 Å². The van der Waals surface area contributed by atoms with Crippen molar-refractivity contribution in [1.29, 1.82) is 0 Å². The Bertz CT molecular complexity index is 1260. The monoisotopic (exact) mass is 432 g/mol. The number of piperidine rings is 1. The van der Waals surface area contributed by atoms with Crippen molar-refractivity contribution in [3.63, 3.8) is 0 Å². The number of ether oxygens (including phenoxy) is 1. The number of nitrogens with zero attached hydrogens (tertiary/aromatic N) is 4. The lowest BCUT2D eigenvalue weighted by Gasteiger charge is -2.37. The van der Waals surface area contributed by atoms with E-state index in [-0.39, 0.29) is 29.6 Å². The Kier molecular flexibility index (Phi) is 5.13. The van der Waals surface area contributed by atoms with Gasteiger partial charge in [0, 0.05) is 25.5 Å². The molecule has 3 heterocycles. The Hall–Kier alpha value is -3.68. The van der Waals surface area contributed by atoms with E-state index >= 15 is 0 Å². The zero-order valence-corrected chi connectivity index (χ0v) is 17.9. The van der Waals surface area contributed by atoms with Crippen molar-refractivity contribution in [2.24, 2.45) is 7.05 Å². The van der Waals surface area contributed by atoms with Crippen LogP contribution < -0.4 is 15.2 Å². The number of anilines is 1. The lowest BCUT2D eigenvalue weighted by atomic mass is 10.1. The molecule has 8 nitrogen and oxygen atoms in total. The molecule has 0 spiro atoms. The van der Waals surface area contributed by atoms with Crippen LogP contribution in [0.4, 0.5) is 5.69 Å². The Labute approximate surface area is 185 Å². The zero-order valence-electron chi connectivity index (χ0n) is 17.9. The Morgan fingerprint density at radius 1 is 0.969 bits per heavy atom. The van der Waals surface area contributed by atoms with Crippen LogP contribution in [0.5, 0.6) is 5.75 Å². The summed E-state index contributed by atoms with van der Waals surface area (Å²) in [6.45, 7) is 1.51. The standard InChI is InChI=1S/C24H24N4O4/c1-26-22(29)17-10-4-3-9-16(17)21(25-26)24(31)28-15-20(23(30)27-13-7-2-8-14-27)32-19-12-6-5-11-18(19)28/h3-6,9-12,20H,2,7-8,13-15H2,1H3/t20-/m0/s1. The zero-order chi connectivity index (χ0) is 22.2. The highest BCUT2D eigenvalue weighted by Gasteiger charge is 2.37. The van der Waals surface area contributed by atoms with Crippen LogP contribution >= 0.6 is 0 Å². The number of carbonyl (C=O) groups excluding carboxylic acids is 2. The van der Waals surface area contributed by atoms with E-state index in [0.717, 1.165) is 19.3 Å². The van der Waals surface area contributed by atoms with Gasteiger partial charge in [-0.05, 0) is 37.5 Å².